The summed E-state index contributed by atoms with van der Waals surface area (Å²) in [7, 11) is 0. The molecule has 2 aromatic rings. The van der Waals surface area contributed by atoms with Gasteiger partial charge in [-0.05, 0) is 23.8 Å². The van der Waals surface area contributed by atoms with Crippen LogP contribution in [0.25, 0.3) is 0 Å². The number of nitrogens with one attached hydrogen (secondary N) is 2. The Bertz CT molecular complexity index is 565. The molecule has 1 aliphatic heterocycles. The number of hydrogen-bond acceptors (Lipinski definition) is 4. The van der Waals surface area contributed by atoms with Gasteiger partial charge in [0.15, 0.2) is 0 Å². The zero-order valence-electron chi connectivity index (χ0n) is 9.64. The van der Waals surface area contributed by atoms with Crippen LogP contribution in [-0.2, 0) is 13.0 Å². The summed E-state index contributed by atoms with van der Waals surface area (Å²) in [6, 6.07) is 5.48. The van der Waals surface area contributed by atoms with E-state index in [4.69, 9.17) is 4.74 Å². The minimum absolute atomic E-state index is 0.124. The number of hydrogen-bond donors (Lipinski definition) is 2. The number of carbonyl (C=O) groups excluding carboxylic acids is 1. The third kappa shape index (κ3) is 2.04. The van der Waals surface area contributed by atoms with Crippen molar-refractivity contribution in [3.63, 3.8) is 0 Å². The number of fused-ring (bicyclic) bond motifs is 1. The first-order chi connectivity index (χ1) is 8.83. The minimum atomic E-state index is -0.124. The number of ether oxygens (including phenoxy) is 1. The van der Waals surface area contributed by atoms with Gasteiger partial charge in [0.05, 0.1) is 13.2 Å². The second kappa shape index (κ2) is 4.48. The largest absolute Gasteiger partial charge is 0.493 e. The fourth-order valence-corrected chi connectivity index (χ4v) is 1.91. The molecule has 0 saturated heterocycles. The van der Waals surface area contributed by atoms with E-state index in [0.29, 0.717) is 24.5 Å². The van der Waals surface area contributed by atoms with Crippen molar-refractivity contribution in [2.45, 2.75) is 13.0 Å². The van der Waals surface area contributed by atoms with Crippen molar-refractivity contribution in [2.24, 2.45) is 0 Å². The van der Waals surface area contributed by atoms with Gasteiger partial charge in [-0.1, -0.05) is 0 Å². The van der Waals surface area contributed by atoms with Gasteiger partial charge < -0.3 is 10.1 Å². The molecular formula is C12H12N4O2. The van der Waals surface area contributed by atoms with Gasteiger partial charge in [-0.25, -0.2) is 4.98 Å². The number of aromatic nitrogens is 3. The summed E-state index contributed by atoms with van der Waals surface area (Å²) in [6.07, 6.45) is 2.27. The molecule has 0 radical (unpaired) electrons. The maximum atomic E-state index is 11.9. The smallest absolute Gasteiger partial charge is 0.251 e. The molecule has 0 fully saturated rings. The van der Waals surface area contributed by atoms with Crippen LogP contribution in [0, 0.1) is 0 Å². The second-order valence-corrected chi connectivity index (χ2v) is 4.04. The number of benzene rings is 1. The molecule has 1 amide bonds. The van der Waals surface area contributed by atoms with E-state index in [1.54, 1.807) is 6.07 Å². The van der Waals surface area contributed by atoms with E-state index in [1.807, 2.05) is 12.1 Å². The van der Waals surface area contributed by atoms with Crippen molar-refractivity contribution in [3.05, 3.63) is 41.5 Å². The van der Waals surface area contributed by atoms with Crippen LogP contribution < -0.4 is 10.1 Å². The molecule has 6 heteroatoms. The fourth-order valence-electron chi connectivity index (χ4n) is 1.91. The predicted octanol–water partition coefficient (Wildman–Crippen LogP) is 0.670. The van der Waals surface area contributed by atoms with E-state index in [-0.39, 0.29) is 5.91 Å². The molecule has 0 aliphatic carbocycles. The van der Waals surface area contributed by atoms with Crippen LogP contribution >= 0.6 is 0 Å². The fraction of sp³-hybridized carbons (Fsp3) is 0.250. The first-order valence-electron chi connectivity index (χ1n) is 5.71. The zero-order valence-corrected chi connectivity index (χ0v) is 9.64. The summed E-state index contributed by atoms with van der Waals surface area (Å²) in [5.74, 6) is 1.38. The number of amides is 1. The molecule has 6 nitrogen and oxygen atoms in total. The van der Waals surface area contributed by atoms with E-state index in [0.717, 1.165) is 17.7 Å². The Hall–Kier alpha value is -2.37. The van der Waals surface area contributed by atoms with Crippen LogP contribution in [0.5, 0.6) is 5.75 Å². The third-order valence-corrected chi connectivity index (χ3v) is 2.83. The monoisotopic (exact) mass is 244 g/mol. The molecule has 0 saturated carbocycles. The molecule has 0 atom stereocenters. The lowest BCUT2D eigenvalue weighted by Gasteiger charge is -2.05. The van der Waals surface area contributed by atoms with E-state index in [9.17, 15) is 4.79 Å². The van der Waals surface area contributed by atoms with Gasteiger partial charge in [0.1, 0.15) is 17.9 Å². The molecule has 3 rings (SSSR count). The van der Waals surface area contributed by atoms with Gasteiger partial charge in [-0.2, -0.15) is 5.10 Å². The highest BCUT2D eigenvalue weighted by molar-refractivity contribution is 5.94. The average Bonchev–Trinajstić information content (AvgIpc) is 3.05. The topological polar surface area (TPSA) is 79.9 Å². The Kier molecular flexibility index (Phi) is 2.68. The number of rotatable bonds is 3. The zero-order chi connectivity index (χ0) is 12.4. The van der Waals surface area contributed by atoms with Crippen molar-refractivity contribution < 1.29 is 9.53 Å². The van der Waals surface area contributed by atoms with Gasteiger partial charge in [-0.15, -0.1) is 0 Å². The molecule has 2 heterocycles. The summed E-state index contributed by atoms with van der Waals surface area (Å²) in [6.45, 7) is 1.03. The summed E-state index contributed by atoms with van der Waals surface area (Å²) in [5, 5.41) is 9.18. The van der Waals surface area contributed by atoms with Crippen molar-refractivity contribution in [1.29, 1.82) is 0 Å². The highest BCUT2D eigenvalue weighted by Crippen LogP contribution is 2.25. The van der Waals surface area contributed by atoms with Gasteiger partial charge in [-0.3, -0.25) is 9.89 Å². The van der Waals surface area contributed by atoms with Crippen LogP contribution in [0.3, 0.4) is 0 Å². The van der Waals surface area contributed by atoms with Crippen molar-refractivity contribution in [1.82, 2.24) is 20.5 Å². The molecule has 92 valence electrons. The van der Waals surface area contributed by atoms with E-state index < -0.39 is 0 Å². The highest BCUT2D eigenvalue weighted by Gasteiger charge is 2.14. The molecular weight excluding hydrogens is 232 g/mol. The van der Waals surface area contributed by atoms with Crippen LogP contribution in [-0.4, -0.2) is 27.7 Å². The normalized spacial score (nSPS) is 12.9. The van der Waals surface area contributed by atoms with Gasteiger partial charge in [0, 0.05) is 12.0 Å². The Balaban J connectivity index is 1.69. The van der Waals surface area contributed by atoms with Crippen molar-refractivity contribution in [2.75, 3.05) is 6.61 Å². The lowest BCUT2D eigenvalue weighted by molar-refractivity contribution is 0.0950. The van der Waals surface area contributed by atoms with Crippen molar-refractivity contribution in [3.8, 4) is 5.75 Å². The van der Waals surface area contributed by atoms with Gasteiger partial charge in [0.25, 0.3) is 5.91 Å². The summed E-state index contributed by atoms with van der Waals surface area (Å²) >= 11 is 0. The van der Waals surface area contributed by atoms with E-state index in [2.05, 4.69) is 20.5 Å². The lowest BCUT2D eigenvalue weighted by atomic mass is 10.1. The van der Waals surface area contributed by atoms with Crippen LogP contribution in [0.1, 0.15) is 21.7 Å². The number of H-pyrrole nitrogens is 1. The number of nitrogens with zero attached hydrogens (tertiary/aromatic N) is 2. The summed E-state index contributed by atoms with van der Waals surface area (Å²) < 4.78 is 5.40. The highest BCUT2D eigenvalue weighted by atomic mass is 16.5. The maximum Gasteiger partial charge on any atom is 0.251 e. The second-order valence-electron chi connectivity index (χ2n) is 4.04. The van der Waals surface area contributed by atoms with Crippen LogP contribution in [0.2, 0.25) is 0 Å². The molecule has 0 bridgehead atoms. The average molecular weight is 244 g/mol. The van der Waals surface area contributed by atoms with Crippen molar-refractivity contribution >= 4 is 5.91 Å². The predicted molar refractivity (Wildman–Crippen MR) is 63.2 cm³/mol. The van der Waals surface area contributed by atoms with Gasteiger partial charge in [0.2, 0.25) is 0 Å². The summed E-state index contributed by atoms with van der Waals surface area (Å²) in [4.78, 5) is 15.9. The van der Waals surface area contributed by atoms with E-state index >= 15 is 0 Å². The summed E-state index contributed by atoms with van der Waals surface area (Å²) in [5.41, 5.74) is 1.72. The molecule has 1 aromatic heterocycles. The van der Waals surface area contributed by atoms with Gasteiger partial charge >= 0.3 is 0 Å². The Labute approximate surface area is 103 Å². The standard InChI is InChI=1S/C12H12N4O2/c17-12(13-6-11-14-7-15-16-11)9-1-2-10-8(5-9)3-4-18-10/h1-2,5,7H,3-4,6H2,(H,13,17)(H,14,15,16). The minimum Gasteiger partial charge on any atom is -0.493 e. The first-order valence-corrected chi connectivity index (χ1v) is 5.71. The Morgan fingerprint density at radius 2 is 2.44 bits per heavy atom. The lowest BCUT2D eigenvalue weighted by Crippen LogP contribution is -2.23. The third-order valence-electron chi connectivity index (χ3n) is 2.83. The Morgan fingerprint density at radius 1 is 1.50 bits per heavy atom. The first kappa shape index (κ1) is 10.8. The van der Waals surface area contributed by atoms with Crippen LogP contribution in [0.4, 0.5) is 0 Å². The molecule has 18 heavy (non-hydrogen) atoms. The molecule has 2 N–H and O–H groups in total. The molecule has 0 spiro atoms. The quantitative estimate of drug-likeness (QED) is 0.831. The van der Waals surface area contributed by atoms with E-state index in [1.165, 1.54) is 6.33 Å². The molecule has 1 aromatic carbocycles. The SMILES string of the molecule is O=C(NCc1ncn[nH]1)c1ccc2c(c1)CCO2. The van der Waals surface area contributed by atoms with Crippen LogP contribution in [0.15, 0.2) is 24.5 Å². The number of aromatic amines is 1. The molecule has 1 aliphatic rings. The maximum absolute atomic E-state index is 11.9. The Morgan fingerprint density at radius 3 is 3.28 bits per heavy atom. The number of carbonyl (C=O) groups is 1. The molecule has 0 unspecified atom stereocenters.